The summed E-state index contributed by atoms with van der Waals surface area (Å²) in [6, 6.07) is 3.14. The van der Waals surface area contributed by atoms with Crippen molar-refractivity contribution in [3.05, 3.63) is 35.4 Å². The van der Waals surface area contributed by atoms with Crippen LogP contribution in [0.5, 0.6) is 11.5 Å². The Balaban J connectivity index is 2.72. The van der Waals surface area contributed by atoms with Gasteiger partial charge in [0.05, 0.1) is 19.9 Å². The first-order valence-corrected chi connectivity index (χ1v) is 8.32. The maximum Gasteiger partial charge on any atom is 0.272 e. The largest absolute Gasteiger partial charge is 0.496 e. The maximum atomic E-state index is 13.0. The van der Waals surface area contributed by atoms with Crippen LogP contribution in [0.2, 0.25) is 0 Å². The highest BCUT2D eigenvalue weighted by molar-refractivity contribution is 7.90. The van der Waals surface area contributed by atoms with Crippen molar-refractivity contribution in [1.82, 2.24) is 8.96 Å². The van der Waals surface area contributed by atoms with E-state index in [4.69, 9.17) is 9.47 Å². The zero-order valence-corrected chi connectivity index (χ0v) is 14.2. The number of hydrogen-bond acceptors (Lipinski definition) is 5. The van der Waals surface area contributed by atoms with Gasteiger partial charge in [0.15, 0.2) is 0 Å². The van der Waals surface area contributed by atoms with Gasteiger partial charge < -0.3 is 9.47 Å². The summed E-state index contributed by atoms with van der Waals surface area (Å²) in [6.07, 6.45) is 2.03. The predicted molar refractivity (Wildman–Crippen MR) is 83.2 cm³/mol. The number of aryl methyl sites for hydroxylation is 3. The van der Waals surface area contributed by atoms with Crippen molar-refractivity contribution in [3.8, 4) is 11.5 Å². The number of aromatic nitrogens is 2. The van der Waals surface area contributed by atoms with Gasteiger partial charge in [-0.15, -0.1) is 0 Å². The normalized spacial score (nSPS) is 11.5. The Morgan fingerprint density at radius 2 is 1.77 bits per heavy atom. The molecule has 0 unspecified atom stereocenters. The number of imidazole rings is 1. The summed E-state index contributed by atoms with van der Waals surface area (Å²) in [7, 11) is -0.855. The van der Waals surface area contributed by atoms with Crippen LogP contribution < -0.4 is 9.47 Å². The molecule has 7 heteroatoms. The Hall–Kier alpha value is -2.02. The zero-order valence-electron chi connectivity index (χ0n) is 13.4. The number of benzene rings is 1. The molecule has 0 atom stereocenters. The highest BCUT2D eigenvalue weighted by Gasteiger charge is 2.26. The van der Waals surface area contributed by atoms with Crippen LogP contribution in [0.1, 0.15) is 24.0 Å². The molecule has 0 saturated carbocycles. The molecule has 0 spiro atoms. The topological polar surface area (TPSA) is 70.4 Å². The summed E-state index contributed by atoms with van der Waals surface area (Å²) in [4.78, 5) is 4.31. The molecule has 0 saturated heterocycles. The van der Waals surface area contributed by atoms with Crippen molar-refractivity contribution >= 4 is 10.0 Å². The van der Waals surface area contributed by atoms with Gasteiger partial charge in [-0.3, -0.25) is 0 Å². The molecule has 0 N–H and O–H groups in total. The average Bonchev–Trinajstić information content (AvgIpc) is 2.88. The summed E-state index contributed by atoms with van der Waals surface area (Å²) < 4.78 is 37.6. The van der Waals surface area contributed by atoms with Crippen molar-refractivity contribution < 1.29 is 17.9 Å². The second kappa shape index (κ2) is 6.00. The molecule has 2 aromatic rings. The Kier molecular flexibility index (Phi) is 4.46. The van der Waals surface area contributed by atoms with Gasteiger partial charge in [0, 0.05) is 18.7 Å². The van der Waals surface area contributed by atoms with Crippen LogP contribution in [-0.2, 0) is 16.4 Å². The third-order valence-corrected chi connectivity index (χ3v) is 5.11. The van der Waals surface area contributed by atoms with Crippen LogP contribution in [0.4, 0.5) is 0 Å². The predicted octanol–water partition coefficient (Wildman–Crippen LogP) is 2.32. The molecule has 0 aliphatic heterocycles. The first-order chi connectivity index (χ1) is 10.3. The molecule has 0 aliphatic carbocycles. The van der Waals surface area contributed by atoms with E-state index in [9.17, 15) is 8.42 Å². The fourth-order valence-corrected chi connectivity index (χ4v) is 3.90. The molecule has 0 aliphatic rings. The Bertz CT molecular complexity index is 794. The van der Waals surface area contributed by atoms with Crippen LogP contribution >= 0.6 is 0 Å². The van der Waals surface area contributed by atoms with E-state index in [1.165, 1.54) is 30.5 Å². The minimum Gasteiger partial charge on any atom is -0.496 e. The molecular formula is C15H20N2O4S. The summed E-state index contributed by atoms with van der Waals surface area (Å²) in [5, 5.41) is 0. The lowest BCUT2D eigenvalue weighted by Gasteiger charge is -2.14. The minimum absolute atomic E-state index is 0.0598. The molecule has 1 heterocycles. The molecular weight excluding hydrogens is 304 g/mol. The van der Waals surface area contributed by atoms with E-state index in [1.807, 2.05) is 13.8 Å². The molecule has 0 fully saturated rings. The monoisotopic (exact) mass is 324 g/mol. The molecule has 0 amide bonds. The SMILES string of the molecule is CCc1nc(C)cn1S(=O)(=O)c1cc(OC)c(C)cc1OC. The number of nitrogens with zero attached hydrogens (tertiary/aromatic N) is 2. The van der Waals surface area contributed by atoms with Gasteiger partial charge in [-0.2, -0.15) is 0 Å². The van der Waals surface area contributed by atoms with Gasteiger partial charge in [-0.1, -0.05) is 6.92 Å². The van der Waals surface area contributed by atoms with Gasteiger partial charge in [-0.25, -0.2) is 17.4 Å². The highest BCUT2D eigenvalue weighted by atomic mass is 32.2. The van der Waals surface area contributed by atoms with Crippen molar-refractivity contribution in [2.45, 2.75) is 32.1 Å². The third kappa shape index (κ3) is 2.68. The Labute approximate surface area is 130 Å². The van der Waals surface area contributed by atoms with E-state index in [2.05, 4.69) is 4.98 Å². The Morgan fingerprint density at radius 3 is 2.32 bits per heavy atom. The second-order valence-corrected chi connectivity index (χ2v) is 6.71. The van der Waals surface area contributed by atoms with Crippen molar-refractivity contribution in [3.63, 3.8) is 0 Å². The Morgan fingerprint density at radius 1 is 1.14 bits per heavy atom. The van der Waals surface area contributed by atoms with Crippen LogP contribution in [0.25, 0.3) is 0 Å². The first-order valence-electron chi connectivity index (χ1n) is 6.88. The van der Waals surface area contributed by atoms with Crippen molar-refractivity contribution in [2.24, 2.45) is 0 Å². The fraction of sp³-hybridized carbons (Fsp3) is 0.400. The molecule has 2 rings (SSSR count). The fourth-order valence-electron chi connectivity index (χ4n) is 2.30. The van der Waals surface area contributed by atoms with Crippen LogP contribution in [0.3, 0.4) is 0 Å². The van der Waals surface area contributed by atoms with Gasteiger partial charge in [-0.05, 0) is 25.5 Å². The number of rotatable bonds is 5. The lowest BCUT2D eigenvalue weighted by atomic mass is 10.2. The lowest BCUT2D eigenvalue weighted by molar-refractivity contribution is 0.390. The quantitative estimate of drug-likeness (QED) is 0.844. The molecule has 6 nitrogen and oxygen atoms in total. The summed E-state index contributed by atoms with van der Waals surface area (Å²) in [6.45, 7) is 5.45. The van der Waals surface area contributed by atoms with Crippen LogP contribution in [-0.4, -0.2) is 31.6 Å². The summed E-state index contributed by atoms with van der Waals surface area (Å²) in [5.74, 6) is 1.26. The lowest BCUT2D eigenvalue weighted by Crippen LogP contribution is -2.16. The second-order valence-electron chi connectivity index (χ2n) is 4.93. The average molecular weight is 324 g/mol. The first kappa shape index (κ1) is 16.4. The number of methoxy groups -OCH3 is 2. The minimum atomic E-state index is -3.80. The van der Waals surface area contributed by atoms with Gasteiger partial charge >= 0.3 is 0 Å². The molecule has 1 aromatic heterocycles. The zero-order chi connectivity index (χ0) is 16.5. The maximum absolute atomic E-state index is 13.0. The van der Waals surface area contributed by atoms with Gasteiger partial charge in [0.25, 0.3) is 10.0 Å². The van der Waals surface area contributed by atoms with Gasteiger partial charge in [0.2, 0.25) is 0 Å². The number of ether oxygens (including phenoxy) is 2. The molecule has 0 bridgehead atoms. The van der Waals surface area contributed by atoms with E-state index < -0.39 is 10.0 Å². The van der Waals surface area contributed by atoms with E-state index in [0.29, 0.717) is 23.7 Å². The van der Waals surface area contributed by atoms with Crippen molar-refractivity contribution in [1.29, 1.82) is 0 Å². The van der Waals surface area contributed by atoms with E-state index in [-0.39, 0.29) is 10.6 Å². The van der Waals surface area contributed by atoms with Crippen LogP contribution in [0, 0.1) is 13.8 Å². The molecule has 120 valence electrons. The number of hydrogen-bond donors (Lipinski definition) is 0. The molecule has 1 aromatic carbocycles. The van der Waals surface area contributed by atoms with Crippen molar-refractivity contribution in [2.75, 3.05) is 14.2 Å². The molecule has 0 radical (unpaired) electrons. The van der Waals surface area contributed by atoms with E-state index in [1.54, 1.807) is 13.0 Å². The molecule has 22 heavy (non-hydrogen) atoms. The van der Waals surface area contributed by atoms with E-state index in [0.717, 1.165) is 5.56 Å². The third-order valence-electron chi connectivity index (χ3n) is 3.40. The van der Waals surface area contributed by atoms with E-state index >= 15 is 0 Å². The summed E-state index contributed by atoms with van der Waals surface area (Å²) in [5.41, 5.74) is 1.45. The van der Waals surface area contributed by atoms with Crippen LogP contribution in [0.15, 0.2) is 23.2 Å². The van der Waals surface area contributed by atoms with Gasteiger partial charge in [0.1, 0.15) is 22.2 Å². The highest BCUT2D eigenvalue weighted by Crippen LogP contribution is 2.33. The standard InChI is InChI=1S/C15H20N2O4S/c1-6-15-16-11(3)9-17(15)22(18,19)14-8-12(20-4)10(2)7-13(14)21-5/h7-9H,6H2,1-5H3. The summed E-state index contributed by atoms with van der Waals surface area (Å²) >= 11 is 0. The smallest absolute Gasteiger partial charge is 0.272 e.